The van der Waals surface area contributed by atoms with Crippen LogP contribution >= 0.6 is 11.6 Å². The molecule has 0 fully saturated rings. The van der Waals surface area contributed by atoms with E-state index in [0.29, 0.717) is 16.4 Å². The summed E-state index contributed by atoms with van der Waals surface area (Å²) in [5, 5.41) is 4.44. The molecule has 1 amide bonds. The standard InChI is InChI=1S/C22H16ClNO2/c1-14-18-13-16(23)11-12-20(18)26-21(14)22(25)24-19-10-6-5-9-17(19)15-7-3-2-4-8-15/h2-13H,1H3,(H,24,25). The van der Waals surface area contributed by atoms with Gasteiger partial charge in [0.2, 0.25) is 0 Å². The fraction of sp³-hybridized carbons (Fsp3) is 0.0455. The van der Waals surface area contributed by atoms with Crippen LogP contribution in [0.3, 0.4) is 0 Å². The Morgan fingerprint density at radius 2 is 1.69 bits per heavy atom. The number of benzene rings is 3. The molecule has 0 saturated carbocycles. The van der Waals surface area contributed by atoms with Crippen molar-refractivity contribution >= 4 is 34.2 Å². The van der Waals surface area contributed by atoms with Crippen LogP contribution in [0.1, 0.15) is 16.1 Å². The van der Waals surface area contributed by atoms with E-state index in [2.05, 4.69) is 5.32 Å². The minimum Gasteiger partial charge on any atom is -0.451 e. The highest BCUT2D eigenvalue weighted by Gasteiger charge is 2.19. The van der Waals surface area contributed by atoms with Gasteiger partial charge in [-0.15, -0.1) is 0 Å². The predicted molar refractivity (Wildman–Crippen MR) is 106 cm³/mol. The molecule has 4 aromatic rings. The topological polar surface area (TPSA) is 42.2 Å². The maximum Gasteiger partial charge on any atom is 0.291 e. The second-order valence-electron chi connectivity index (χ2n) is 6.06. The first-order valence-electron chi connectivity index (χ1n) is 8.28. The lowest BCUT2D eigenvalue weighted by molar-refractivity contribution is 0.0998. The van der Waals surface area contributed by atoms with Crippen molar-refractivity contribution in [1.82, 2.24) is 0 Å². The molecule has 0 unspecified atom stereocenters. The third-order valence-corrected chi connectivity index (χ3v) is 4.60. The molecule has 0 aliphatic heterocycles. The molecule has 128 valence electrons. The van der Waals surface area contributed by atoms with Crippen LogP contribution in [0.15, 0.2) is 77.2 Å². The molecule has 3 aromatic carbocycles. The van der Waals surface area contributed by atoms with Gasteiger partial charge in [0.05, 0.1) is 0 Å². The Morgan fingerprint density at radius 3 is 2.50 bits per heavy atom. The van der Waals surface area contributed by atoms with E-state index in [-0.39, 0.29) is 5.91 Å². The van der Waals surface area contributed by atoms with Gasteiger partial charge in [-0.05, 0) is 36.8 Å². The van der Waals surface area contributed by atoms with Crippen LogP contribution < -0.4 is 5.32 Å². The molecule has 0 aliphatic rings. The Balaban J connectivity index is 1.71. The summed E-state index contributed by atoms with van der Waals surface area (Å²) < 4.78 is 5.76. The van der Waals surface area contributed by atoms with E-state index in [1.807, 2.05) is 67.6 Å². The Labute approximate surface area is 156 Å². The minimum absolute atomic E-state index is 0.279. The highest BCUT2D eigenvalue weighted by molar-refractivity contribution is 6.31. The summed E-state index contributed by atoms with van der Waals surface area (Å²) in [6, 6.07) is 23.0. The number of halogens is 1. The lowest BCUT2D eigenvalue weighted by atomic mass is 10.0. The SMILES string of the molecule is Cc1c(C(=O)Nc2ccccc2-c2ccccc2)oc2ccc(Cl)cc12. The Bertz CT molecular complexity index is 1100. The number of aryl methyl sites for hydroxylation is 1. The maximum atomic E-state index is 12.8. The third kappa shape index (κ3) is 2.98. The van der Waals surface area contributed by atoms with Gasteiger partial charge >= 0.3 is 0 Å². The van der Waals surface area contributed by atoms with Crippen LogP contribution in [0.2, 0.25) is 5.02 Å². The van der Waals surface area contributed by atoms with E-state index in [1.54, 1.807) is 12.1 Å². The molecule has 1 aromatic heterocycles. The first kappa shape index (κ1) is 16.4. The van der Waals surface area contributed by atoms with Crippen LogP contribution in [0.4, 0.5) is 5.69 Å². The fourth-order valence-corrected chi connectivity index (χ4v) is 3.22. The molecule has 0 atom stereocenters. The van der Waals surface area contributed by atoms with Crippen molar-refractivity contribution in [3.63, 3.8) is 0 Å². The minimum atomic E-state index is -0.279. The second-order valence-corrected chi connectivity index (χ2v) is 6.50. The number of amides is 1. The number of hydrogen-bond acceptors (Lipinski definition) is 2. The van der Waals surface area contributed by atoms with Crippen LogP contribution in [-0.2, 0) is 0 Å². The van der Waals surface area contributed by atoms with Crippen molar-refractivity contribution in [2.24, 2.45) is 0 Å². The molecule has 0 aliphatic carbocycles. The van der Waals surface area contributed by atoms with E-state index < -0.39 is 0 Å². The van der Waals surface area contributed by atoms with Gasteiger partial charge in [0.25, 0.3) is 5.91 Å². The van der Waals surface area contributed by atoms with Crippen LogP contribution in [0.25, 0.3) is 22.1 Å². The second kappa shape index (κ2) is 6.70. The molecule has 1 N–H and O–H groups in total. The number of nitrogens with one attached hydrogen (secondary N) is 1. The Hall–Kier alpha value is -3.04. The molecule has 26 heavy (non-hydrogen) atoms. The summed E-state index contributed by atoms with van der Waals surface area (Å²) in [6.07, 6.45) is 0. The molecule has 0 saturated heterocycles. The number of rotatable bonds is 3. The van der Waals surface area contributed by atoms with Gasteiger partial charge in [-0.2, -0.15) is 0 Å². The smallest absolute Gasteiger partial charge is 0.291 e. The zero-order valence-corrected chi connectivity index (χ0v) is 14.9. The van der Waals surface area contributed by atoms with Gasteiger partial charge in [-0.1, -0.05) is 60.1 Å². The molecule has 0 bridgehead atoms. The van der Waals surface area contributed by atoms with Gasteiger partial charge < -0.3 is 9.73 Å². The fourth-order valence-electron chi connectivity index (χ4n) is 3.05. The molecule has 4 heteroatoms. The summed E-state index contributed by atoms with van der Waals surface area (Å²) in [5.41, 5.74) is 4.15. The third-order valence-electron chi connectivity index (χ3n) is 4.36. The van der Waals surface area contributed by atoms with Crippen molar-refractivity contribution in [3.05, 3.63) is 89.1 Å². The molecule has 0 spiro atoms. The lowest BCUT2D eigenvalue weighted by Crippen LogP contribution is -2.12. The number of carbonyl (C=O) groups excluding carboxylic acids is 1. The number of hydrogen-bond donors (Lipinski definition) is 1. The van der Waals surface area contributed by atoms with E-state index in [9.17, 15) is 4.79 Å². The van der Waals surface area contributed by atoms with Gasteiger partial charge in [0.1, 0.15) is 5.58 Å². The van der Waals surface area contributed by atoms with Crippen LogP contribution in [0, 0.1) is 6.92 Å². The number of anilines is 1. The molecule has 4 rings (SSSR count). The first-order valence-corrected chi connectivity index (χ1v) is 8.66. The number of para-hydroxylation sites is 1. The molecule has 0 radical (unpaired) electrons. The zero-order chi connectivity index (χ0) is 18.1. The van der Waals surface area contributed by atoms with Crippen LogP contribution in [0.5, 0.6) is 0 Å². The monoisotopic (exact) mass is 361 g/mol. The predicted octanol–water partition coefficient (Wildman–Crippen LogP) is 6.31. The highest BCUT2D eigenvalue weighted by atomic mass is 35.5. The van der Waals surface area contributed by atoms with E-state index in [1.165, 1.54) is 0 Å². The zero-order valence-electron chi connectivity index (χ0n) is 14.1. The quantitative estimate of drug-likeness (QED) is 0.464. The van der Waals surface area contributed by atoms with E-state index >= 15 is 0 Å². The van der Waals surface area contributed by atoms with Gasteiger partial charge in [0.15, 0.2) is 5.76 Å². The molecule has 3 nitrogen and oxygen atoms in total. The van der Waals surface area contributed by atoms with Crippen molar-refractivity contribution in [3.8, 4) is 11.1 Å². The Morgan fingerprint density at radius 1 is 0.962 bits per heavy atom. The largest absolute Gasteiger partial charge is 0.451 e. The summed E-state index contributed by atoms with van der Waals surface area (Å²) in [7, 11) is 0. The van der Waals surface area contributed by atoms with Crippen molar-refractivity contribution in [2.75, 3.05) is 5.32 Å². The molecule has 1 heterocycles. The maximum absolute atomic E-state index is 12.8. The summed E-state index contributed by atoms with van der Waals surface area (Å²) >= 11 is 6.06. The van der Waals surface area contributed by atoms with E-state index in [0.717, 1.165) is 27.8 Å². The molecular formula is C22H16ClNO2. The van der Waals surface area contributed by atoms with E-state index in [4.69, 9.17) is 16.0 Å². The normalized spacial score (nSPS) is 10.8. The number of furan rings is 1. The average molecular weight is 362 g/mol. The summed E-state index contributed by atoms with van der Waals surface area (Å²) in [6.45, 7) is 1.86. The molecular weight excluding hydrogens is 346 g/mol. The van der Waals surface area contributed by atoms with Gasteiger partial charge in [-0.3, -0.25) is 4.79 Å². The van der Waals surface area contributed by atoms with Crippen molar-refractivity contribution < 1.29 is 9.21 Å². The van der Waals surface area contributed by atoms with Gasteiger partial charge in [-0.25, -0.2) is 0 Å². The average Bonchev–Trinajstić information content (AvgIpc) is 2.99. The highest BCUT2D eigenvalue weighted by Crippen LogP contribution is 2.31. The van der Waals surface area contributed by atoms with Crippen molar-refractivity contribution in [1.29, 1.82) is 0 Å². The number of fused-ring (bicyclic) bond motifs is 1. The Kier molecular flexibility index (Phi) is 4.23. The summed E-state index contributed by atoms with van der Waals surface area (Å²) in [4.78, 5) is 12.8. The van der Waals surface area contributed by atoms with Crippen molar-refractivity contribution in [2.45, 2.75) is 6.92 Å². The first-order chi connectivity index (χ1) is 12.6. The lowest BCUT2D eigenvalue weighted by Gasteiger charge is -2.10. The number of carbonyl (C=O) groups is 1. The summed E-state index contributed by atoms with van der Waals surface area (Å²) in [5.74, 6) is 0.0170. The van der Waals surface area contributed by atoms with Crippen LogP contribution in [-0.4, -0.2) is 5.91 Å². The van der Waals surface area contributed by atoms with Gasteiger partial charge in [0, 0.05) is 27.2 Å².